The van der Waals surface area contributed by atoms with Crippen molar-refractivity contribution >= 4 is 17.6 Å². The molecule has 1 aromatic rings. The lowest BCUT2D eigenvalue weighted by Gasteiger charge is -2.11. The van der Waals surface area contributed by atoms with Crippen molar-refractivity contribution in [2.75, 3.05) is 5.43 Å². The van der Waals surface area contributed by atoms with Crippen LogP contribution >= 0.6 is 0 Å². The van der Waals surface area contributed by atoms with Crippen molar-refractivity contribution in [1.82, 2.24) is 10.3 Å². The maximum absolute atomic E-state index is 11.7. The third-order valence-electron chi connectivity index (χ3n) is 2.01. The topological polar surface area (TPSA) is 123 Å². The molecular weight excluding hydrogens is 222 g/mol. The molecule has 1 unspecified atom stereocenters. The van der Waals surface area contributed by atoms with E-state index in [4.69, 9.17) is 11.6 Å². The average molecular weight is 237 g/mol. The Bertz CT molecular complexity index is 421. The summed E-state index contributed by atoms with van der Waals surface area (Å²) in [5.41, 5.74) is 7.58. The zero-order valence-electron chi connectivity index (χ0n) is 9.43. The van der Waals surface area contributed by atoms with Crippen LogP contribution < -0.4 is 22.3 Å². The number of pyridine rings is 1. The molecule has 1 aromatic heterocycles. The average Bonchev–Trinajstić information content (AvgIpc) is 2.27. The molecule has 0 radical (unpaired) electrons. The molecular formula is C10H15N5O2. The first-order valence-corrected chi connectivity index (χ1v) is 5.05. The Balaban J connectivity index is 2.66. The number of amides is 2. The van der Waals surface area contributed by atoms with E-state index < -0.39 is 5.91 Å². The summed E-state index contributed by atoms with van der Waals surface area (Å²) in [5.74, 6) is 4.72. The minimum Gasteiger partial charge on any atom is -0.370 e. The van der Waals surface area contributed by atoms with Gasteiger partial charge in [0.05, 0.1) is 0 Å². The van der Waals surface area contributed by atoms with Gasteiger partial charge in [0.1, 0.15) is 11.5 Å². The summed E-state index contributed by atoms with van der Waals surface area (Å²) in [6.07, 6.45) is 0.0839. The van der Waals surface area contributed by atoms with Crippen LogP contribution in [0.1, 0.15) is 23.8 Å². The summed E-state index contributed by atoms with van der Waals surface area (Å²) in [4.78, 5) is 26.3. The zero-order chi connectivity index (χ0) is 12.8. The van der Waals surface area contributed by atoms with E-state index in [9.17, 15) is 9.59 Å². The normalized spacial score (nSPS) is 11.6. The van der Waals surface area contributed by atoms with Gasteiger partial charge in [0, 0.05) is 12.5 Å². The summed E-state index contributed by atoms with van der Waals surface area (Å²) in [7, 11) is 0. The Hall–Kier alpha value is -2.15. The first-order chi connectivity index (χ1) is 8.02. The Morgan fingerprint density at radius 2 is 2.18 bits per heavy atom. The number of primary amides is 1. The molecule has 17 heavy (non-hydrogen) atoms. The first kappa shape index (κ1) is 12.9. The SMILES string of the molecule is CC(CC(N)=O)NC(=O)c1cccc(NN)n1. The molecule has 6 N–H and O–H groups in total. The molecule has 0 aromatic carbocycles. The van der Waals surface area contributed by atoms with Crippen LogP contribution in [0.25, 0.3) is 0 Å². The quantitative estimate of drug-likeness (QED) is 0.400. The molecule has 0 aliphatic rings. The van der Waals surface area contributed by atoms with Gasteiger partial charge in [0.2, 0.25) is 5.91 Å². The molecule has 1 atom stereocenters. The highest BCUT2D eigenvalue weighted by atomic mass is 16.2. The second-order valence-electron chi connectivity index (χ2n) is 3.60. The third-order valence-corrected chi connectivity index (χ3v) is 2.01. The Morgan fingerprint density at radius 1 is 1.47 bits per heavy atom. The highest BCUT2D eigenvalue weighted by Crippen LogP contribution is 2.03. The zero-order valence-corrected chi connectivity index (χ0v) is 9.43. The van der Waals surface area contributed by atoms with Gasteiger partial charge in [-0.05, 0) is 19.1 Å². The minimum absolute atomic E-state index is 0.0839. The highest BCUT2D eigenvalue weighted by Gasteiger charge is 2.12. The van der Waals surface area contributed by atoms with Gasteiger partial charge in [-0.15, -0.1) is 0 Å². The number of carbonyl (C=O) groups excluding carboxylic acids is 2. The monoisotopic (exact) mass is 237 g/mol. The standard InChI is InChI=1S/C10H15N5O2/c1-6(5-8(11)16)13-10(17)7-3-2-4-9(14-7)15-12/h2-4,6H,5,12H2,1H3,(H2,11,16)(H,13,17)(H,14,15). The number of nitrogens with one attached hydrogen (secondary N) is 2. The second-order valence-corrected chi connectivity index (χ2v) is 3.60. The molecule has 7 heteroatoms. The van der Waals surface area contributed by atoms with E-state index in [0.717, 1.165) is 0 Å². The maximum Gasteiger partial charge on any atom is 0.270 e. The molecule has 0 spiro atoms. The fourth-order valence-electron chi connectivity index (χ4n) is 1.29. The molecule has 2 amide bonds. The Labute approximate surface area is 98.5 Å². The van der Waals surface area contributed by atoms with Crippen molar-refractivity contribution in [1.29, 1.82) is 0 Å². The maximum atomic E-state index is 11.7. The molecule has 0 saturated heterocycles. The summed E-state index contributed by atoms with van der Waals surface area (Å²) < 4.78 is 0. The van der Waals surface area contributed by atoms with E-state index in [0.29, 0.717) is 5.82 Å². The fraction of sp³-hybridized carbons (Fsp3) is 0.300. The molecule has 0 bridgehead atoms. The van der Waals surface area contributed by atoms with E-state index in [1.54, 1.807) is 25.1 Å². The van der Waals surface area contributed by atoms with Gasteiger partial charge in [0.15, 0.2) is 0 Å². The second kappa shape index (κ2) is 5.80. The van der Waals surface area contributed by atoms with Crippen molar-refractivity contribution in [3.63, 3.8) is 0 Å². The molecule has 0 fully saturated rings. The van der Waals surface area contributed by atoms with Crippen LogP contribution in [-0.4, -0.2) is 22.8 Å². The molecule has 7 nitrogen and oxygen atoms in total. The Kier molecular flexibility index (Phi) is 4.41. The predicted octanol–water partition coefficient (Wildman–Crippen LogP) is -0.639. The lowest BCUT2D eigenvalue weighted by atomic mass is 10.2. The van der Waals surface area contributed by atoms with Crippen LogP contribution in [0.15, 0.2) is 18.2 Å². The lowest BCUT2D eigenvalue weighted by Crippen LogP contribution is -2.36. The van der Waals surface area contributed by atoms with Gasteiger partial charge >= 0.3 is 0 Å². The molecule has 92 valence electrons. The van der Waals surface area contributed by atoms with Crippen molar-refractivity contribution in [2.24, 2.45) is 11.6 Å². The summed E-state index contributed by atoms with van der Waals surface area (Å²) >= 11 is 0. The summed E-state index contributed by atoms with van der Waals surface area (Å²) in [6, 6.07) is 4.49. The summed E-state index contributed by atoms with van der Waals surface area (Å²) in [6.45, 7) is 1.69. The van der Waals surface area contributed by atoms with E-state index >= 15 is 0 Å². The minimum atomic E-state index is -0.469. The van der Waals surface area contributed by atoms with Gasteiger partial charge < -0.3 is 16.5 Å². The first-order valence-electron chi connectivity index (χ1n) is 5.05. The highest BCUT2D eigenvalue weighted by molar-refractivity contribution is 5.93. The summed E-state index contributed by atoms with van der Waals surface area (Å²) in [5, 5.41) is 2.61. The Morgan fingerprint density at radius 3 is 2.76 bits per heavy atom. The fourth-order valence-corrected chi connectivity index (χ4v) is 1.29. The molecule has 0 saturated carbocycles. The molecule has 0 aliphatic heterocycles. The van der Waals surface area contributed by atoms with Gasteiger partial charge in [-0.25, -0.2) is 10.8 Å². The molecule has 1 rings (SSSR count). The number of nitrogens with zero attached hydrogens (tertiary/aromatic N) is 1. The number of aromatic nitrogens is 1. The van der Waals surface area contributed by atoms with E-state index in [-0.39, 0.29) is 24.1 Å². The van der Waals surface area contributed by atoms with Crippen LogP contribution in [0.4, 0.5) is 5.82 Å². The van der Waals surface area contributed by atoms with Crippen molar-refractivity contribution < 1.29 is 9.59 Å². The molecule has 1 heterocycles. The van der Waals surface area contributed by atoms with Crippen molar-refractivity contribution in [3.8, 4) is 0 Å². The van der Waals surface area contributed by atoms with Crippen LogP contribution in [0.5, 0.6) is 0 Å². The van der Waals surface area contributed by atoms with Crippen LogP contribution in [0, 0.1) is 0 Å². The van der Waals surface area contributed by atoms with Gasteiger partial charge in [0.25, 0.3) is 5.91 Å². The largest absolute Gasteiger partial charge is 0.370 e. The number of nitrogens with two attached hydrogens (primary N) is 2. The number of carbonyl (C=O) groups is 2. The smallest absolute Gasteiger partial charge is 0.270 e. The van der Waals surface area contributed by atoms with Crippen LogP contribution in [0.2, 0.25) is 0 Å². The number of anilines is 1. The number of rotatable bonds is 5. The van der Waals surface area contributed by atoms with E-state index in [1.165, 1.54) is 0 Å². The lowest BCUT2D eigenvalue weighted by molar-refractivity contribution is -0.118. The van der Waals surface area contributed by atoms with Gasteiger partial charge in [-0.1, -0.05) is 6.07 Å². The van der Waals surface area contributed by atoms with Crippen molar-refractivity contribution in [2.45, 2.75) is 19.4 Å². The number of hydrazine groups is 1. The predicted molar refractivity (Wildman–Crippen MR) is 62.8 cm³/mol. The third kappa shape index (κ3) is 4.07. The van der Waals surface area contributed by atoms with Crippen LogP contribution in [0.3, 0.4) is 0 Å². The number of hydrogen-bond donors (Lipinski definition) is 4. The van der Waals surface area contributed by atoms with Gasteiger partial charge in [-0.3, -0.25) is 9.59 Å². The van der Waals surface area contributed by atoms with E-state index in [2.05, 4.69) is 15.7 Å². The number of nitrogen functional groups attached to an aromatic ring is 1. The number of hydrogen-bond acceptors (Lipinski definition) is 5. The van der Waals surface area contributed by atoms with E-state index in [1.807, 2.05) is 0 Å². The molecule has 0 aliphatic carbocycles. The van der Waals surface area contributed by atoms with Crippen molar-refractivity contribution in [3.05, 3.63) is 23.9 Å². The van der Waals surface area contributed by atoms with Crippen LogP contribution in [-0.2, 0) is 4.79 Å². The van der Waals surface area contributed by atoms with Gasteiger partial charge in [-0.2, -0.15) is 0 Å².